The Morgan fingerprint density at radius 1 is 1.00 bits per heavy atom. The largest absolute Gasteiger partial charge is 0.395 e. The standard InChI is InChI=1S/C15H29N3O2/c19-13-12-18-10-8-17(9-11-18)7-6-15(20)16-14-4-2-1-3-5-14/h14,19H,1-13H2,(H,16,20). The van der Waals surface area contributed by atoms with Crippen molar-refractivity contribution in [3.63, 3.8) is 0 Å². The SMILES string of the molecule is O=C(CCN1CCN(CCO)CC1)NC1CCCCC1. The van der Waals surface area contributed by atoms with Gasteiger partial charge >= 0.3 is 0 Å². The van der Waals surface area contributed by atoms with E-state index in [4.69, 9.17) is 5.11 Å². The van der Waals surface area contributed by atoms with Gasteiger partial charge in [0, 0.05) is 51.7 Å². The Bertz CT molecular complexity index is 285. The van der Waals surface area contributed by atoms with Gasteiger partial charge in [-0.25, -0.2) is 0 Å². The normalized spacial score (nSPS) is 22.9. The Hall–Kier alpha value is -0.650. The predicted octanol–water partition coefficient (Wildman–Crippen LogP) is 0.435. The molecular weight excluding hydrogens is 254 g/mol. The molecule has 5 heteroatoms. The molecule has 0 spiro atoms. The number of aliphatic hydroxyl groups excluding tert-OH is 1. The summed E-state index contributed by atoms with van der Waals surface area (Å²) in [7, 11) is 0. The zero-order valence-corrected chi connectivity index (χ0v) is 12.5. The van der Waals surface area contributed by atoms with Crippen LogP contribution in [0.4, 0.5) is 0 Å². The third-order valence-electron chi connectivity index (χ3n) is 4.51. The van der Waals surface area contributed by atoms with E-state index in [0.29, 0.717) is 12.5 Å². The molecule has 0 aromatic carbocycles. The van der Waals surface area contributed by atoms with Gasteiger partial charge in [-0.05, 0) is 12.8 Å². The van der Waals surface area contributed by atoms with Crippen LogP contribution in [0.15, 0.2) is 0 Å². The molecule has 5 nitrogen and oxygen atoms in total. The number of amides is 1. The number of β-amino-alcohol motifs (C(OH)–C–C–N with tert-alkyl or cyclic N) is 1. The molecule has 1 heterocycles. The van der Waals surface area contributed by atoms with Gasteiger partial charge in [0.2, 0.25) is 5.91 Å². The lowest BCUT2D eigenvalue weighted by Crippen LogP contribution is -2.48. The van der Waals surface area contributed by atoms with Crippen molar-refractivity contribution in [2.45, 2.75) is 44.6 Å². The fourth-order valence-electron chi connectivity index (χ4n) is 3.18. The first-order valence-electron chi connectivity index (χ1n) is 8.13. The molecule has 0 radical (unpaired) electrons. The van der Waals surface area contributed by atoms with Gasteiger partial charge in [-0.2, -0.15) is 0 Å². The van der Waals surface area contributed by atoms with Gasteiger partial charge in [-0.3, -0.25) is 9.69 Å². The number of hydrogen-bond acceptors (Lipinski definition) is 4. The van der Waals surface area contributed by atoms with E-state index in [0.717, 1.165) is 52.1 Å². The van der Waals surface area contributed by atoms with Crippen LogP contribution in [0.1, 0.15) is 38.5 Å². The van der Waals surface area contributed by atoms with Gasteiger partial charge in [-0.15, -0.1) is 0 Å². The van der Waals surface area contributed by atoms with Crippen LogP contribution >= 0.6 is 0 Å². The fraction of sp³-hybridized carbons (Fsp3) is 0.933. The maximum Gasteiger partial charge on any atom is 0.221 e. The molecule has 1 amide bonds. The Labute approximate surface area is 122 Å². The Morgan fingerprint density at radius 2 is 1.60 bits per heavy atom. The third-order valence-corrected chi connectivity index (χ3v) is 4.51. The van der Waals surface area contributed by atoms with E-state index in [2.05, 4.69) is 15.1 Å². The molecule has 1 saturated heterocycles. The molecule has 2 rings (SSSR count). The number of nitrogens with one attached hydrogen (secondary N) is 1. The van der Waals surface area contributed by atoms with E-state index in [-0.39, 0.29) is 12.5 Å². The van der Waals surface area contributed by atoms with Crippen molar-refractivity contribution in [3.8, 4) is 0 Å². The lowest BCUT2D eigenvalue weighted by atomic mass is 9.95. The first kappa shape index (κ1) is 15.7. The summed E-state index contributed by atoms with van der Waals surface area (Å²) in [4.78, 5) is 16.6. The number of carbonyl (C=O) groups excluding carboxylic acids is 1. The Balaban J connectivity index is 1.57. The van der Waals surface area contributed by atoms with Crippen molar-refractivity contribution in [1.29, 1.82) is 0 Å². The van der Waals surface area contributed by atoms with Crippen LogP contribution in [0, 0.1) is 0 Å². The van der Waals surface area contributed by atoms with Gasteiger partial charge in [0.05, 0.1) is 6.61 Å². The predicted molar refractivity (Wildman–Crippen MR) is 79.6 cm³/mol. The van der Waals surface area contributed by atoms with Crippen LogP contribution in [-0.4, -0.2) is 72.7 Å². The van der Waals surface area contributed by atoms with E-state index in [1.807, 2.05) is 0 Å². The van der Waals surface area contributed by atoms with E-state index in [9.17, 15) is 4.79 Å². The molecule has 0 aromatic rings. The lowest BCUT2D eigenvalue weighted by Gasteiger charge is -2.34. The van der Waals surface area contributed by atoms with Crippen molar-refractivity contribution in [2.75, 3.05) is 45.9 Å². The molecular formula is C15H29N3O2. The minimum Gasteiger partial charge on any atom is -0.395 e. The molecule has 0 unspecified atom stereocenters. The average Bonchev–Trinajstić information content (AvgIpc) is 2.48. The van der Waals surface area contributed by atoms with E-state index in [1.54, 1.807) is 0 Å². The summed E-state index contributed by atoms with van der Waals surface area (Å²) in [6.45, 7) is 5.91. The molecule has 20 heavy (non-hydrogen) atoms. The van der Waals surface area contributed by atoms with Crippen LogP contribution < -0.4 is 5.32 Å². The van der Waals surface area contributed by atoms with Crippen LogP contribution in [0.3, 0.4) is 0 Å². The monoisotopic (exact) mass is 283 g/mol. The summed E-state index contributed by atoms with van der Waals surface area (Å²) in [5.74, 6) is 0.217. The van der Waals surface area contributed by atoms with Crippen molar-refractivity contribution >= 4 is 5.91 Å². The molecule has 1 saturated carbocycles. The number of nitrogens with zero attached hydrogens (tertiary/aromatic N) is 2. The van der Waals surface area contributed by atoms with E-state index < -0.39 is 0 Å². The number of rotatable bonds is 6. The van der Waals surface area contributed by atoms with Gasteiger partial charge in [0.1, 0.15) is 0 Å². The molecule has 2 aliphatic rings. The van der Waals surface area contributed by atoms with Crippen molar-refractivity contribution in [2.24, 2.45) is 0 Å². The smallest absolute Gasteiger partial charge is 0.221 e. The van der Waals surface area contributed by atoms with Gasteiger partial charge < -0.3 is 15.3 Å². The van der Waals surface area contributed by atoms with Crippen LogP contribution in [0.25, 0.3) is 0 Å². The Kier molecular flexibility index (Phi) is 6.76. The molecule has 0 bridgehead atoms. The zero-order valence-electron chi connectivity index (χ0n) is 12.5. The number of aliphatic hydroxyl groups is 1. The van der Waals surface area contributed by atoms with Gasteiger partial charge in [0.15, 0.2) is 0 Å². The number of hydrogen-bond donors (Lipinski definition) is 2. The van der Waals surface area contributed by atoms with Crippen LogP contribution in [-0.2, 0) is 4.79 Å². The van der Waals surface area contributed by atoms with Crippen LogP contribution in [0.2, 0.25) is 0 Å². The van der Waals surface area contributed by atoms with Crippen molar-refractivity contribution < 1.29 is 9.90 Å². The summed E-state index contributed by atoms with van der Waals surface area (Å²) in [6.07, 6.45) is 6.79. The van der Waals surface area contributed by atoms with E-state index >= 15 is 0 Å². The third kappa shape index (κ3) is 5.38. The minimum absolute atomic E-state index is 0.217. The highest BCUT2D eigenvalue weighted by atomic mass is 16.3. The van der Waals surface area contributed by atoms with E-state index in [1.165, 1.54) is 19.3 Å². The Morgan fingerprint density at radius 3 is 2.20 bits per heavy atom. The zero-order chi connectivity index (χ0) is 14.2. The van der Waals surface area contributed by atoms with Crippen molar-refractivity contribution in [1.82, 2.24) is 15.1 Å². The molecule has 2 fully saturated rings. The highest BCUT2D eigenvalue weighted by molar-refractivity contribution is 5.76. The molecule has 0 aromatic heterocycles. The molecule has 2 N–H and O–H groups in total. The summed E-state index contributed by atoms with van der Waals surface area (Å²) < 4.78 is 0. The second kappa shape index (κ2) is 8.60. The van der Waals surface area contributed by atoms with Crippen LogP contribution in [0.5, 0.6) is 0 Å². The highest BCUT2D eigenvalue weighted by Crippen LogP contribution is 2.17. The van der Waals surface area contributed by atoms with Gasteiger partial charge in [-0.1, -0.05) is 19.3 Å². The summed E-state index contributed by atoms with van der Waals surface area (Å²) in [5, 5.41) is 12.1. The first-order chi connectivity index (χ1) is 9.78. The molecule has 116 valence electrons. The highest BCUT2D eigenvalue weighted by Gasteiger charge is 2.18. The lowest BCUT2D eigenvalue weighted by molar-refractivity contribution is -0.122. The molecule has 1 aliphatic heterocycles. The number of carbonyl (C=O) groups is 1. The average molecular weight is 283 g/mol. The summed E-state index contributed by atoms with van der Waals surface area (Å²) in [6, 6.07) is 0.428. The minimum atomic E-state index is 0.217. The summed E-state index contributed by atoms with van der Waals surface area (Å²) in [5.41, 5.74) is 0. The second-order valence-corrected chi connectivity index (χ2v) is 6.06. The first-order valence-corrected chi connectivity index (χ1v) is 8.13. The number of piperazine rings is 1. The summed E-state index contributed by atoms with van der Waals surface area (Å²) >= 11 is 0. The fourth-order valence-corrected chi connectivity index (χ4v) is 3.18. The second-order valence-electron chi connectivity index (χ2n) is 6.06. The maximum atomic E-state index is 11.9. The topological polar surface area (TPSA) is 55.8 Å². The molecule has 1 aliphatic carbocycles. The maximum absolute atomic E-state index is 11.9. The molecule has 0 atom stereocenters. The quantitative estimate of drug-likeness (QED) is 0.742. The van der Waals surface area contributed by atoms with Gasteiger partial charge in [0.25, 0.3) is 0 Å². The van der Waals surface area contributed by atoms with Crippen molar-refractivity contribution in [3.05, 3.63) is 0 Å².